The Morgan fingerprint density at radius 2 is 1.52 bits per heavy atom. The van der Waals surface area contributed by atoms with Gasteiger partial charge < -0.3 is 4.74 Å². The van der Waals surface area contributed by atoms with Gasteiger partial charge in [-0.1, -0.05) is 99.0 Å². The third-order valence-corrected chi connectivity index (χ3v) is 3.95. The van der Waals surface area contributed by atoms with Gasteiger partial charge in [0.25, 0.3) is 0 Å². The smallest absolute Gasteiger partial charge is 0.0760 e. The maximum absolute atomic E-state index is 6.13. The fourth-order valence-electron chi connectivity index (χ4n) is 2.58. The van der Waals surface area contributed by atoms with Crippen LogP contribution in [0.3, 0.4) is 0 Å². The van der Waals surface area contributed by atoms with Crippen molar-refractivity contribution in [2.75, 3.05) is 0 Å². The minimum Gasteiger partial charge on any atom is -0.369 e. The Hall–Kier alpha value is -1.86. The van der Waals surface area contributed by atoms with Gasteiger partial charge >= 0.3 is 0 Å². The summed E-state index contributed by atoms with van der Waals surface area (Å²) in [6.07, 6.45) is 10.5. The number of allylic oxidation sites excluding steroid dienone is 1. The minimum atomic E-state index is 0.213. The Morgan fingerprint density at radius 3 is 2.17 bits per heavy atom. The van der Waals surface area contributed by atoms with Crippen LogP contribution in [0.4, 0.5) is 0 Å². The highest BCUT2D eigenvalue weighted by atomic mass is 16.5. The van der Waals surface area contributed by atoms with Crippen LogP contribution in [0.15, 0.2) is 72.8 Å². The second-order valence-corrected chi connectivity index (χ2v) is 5.95. The molecule has 1 atom stereocenters. The quantitative estimate of drug-likeness (QED) is 0.389. The van der Waals surface area contributed by atoms with Crippen LogP contribution in [-0.2, 0) is 17.8 Å². The Labute approximate surface area is 141 Å². The predicted octanol–water partition coefficient (Wildman–Crippen LogP) is 5.95. The van der Waals surface area contributed by atoms with E-state index in [9.17, 15) is 0 Å². The van der Waals surface area contributed by atoms with E-state index in [1.807, 2.05) is 6.07 Å². The van der Waals surface area contributed by atoms with Gasteiger partial charge in [0.05, 0.1) is 12.7 Å². The zero-order valence-electron chi connectivity index (χ0n) is 14.2. The first kappa shape index (κ1) is 17.5. The van der Waals surface area contributed by atoms with E-state index in [-0.39, 0.29) is 6.10 Å². The number of unbranched alkanes of at least 4 members (excludes halogenated alkanes) is 2. The minimum absolute atomic E-state index is 0.213. The molecule has 0 radical (unpaired) electrons. The molecule has 1 unspecified atom stereocenters. The molecule has 0 aliphatic heterocycles. The zero-order chi connectivity index (χ0) is 16.2. The van der Waals surface area contributed by atoms with Gasteiger partial charge in [-0.25, -0.2) is 0 Å². The standard InChI is InChI=1S/C22H28O/c1-2-3-6-17-22(23-19-21-14-9-5-10-15-21)18-11-16-20-12-7-4-8-13-20/h4-5,7-15,18,22H,2-3,6,16-17,19H2,1H3. The average molecular weight is 308 g/mol. The first-order valence-electron chi connectivity index (χ1n) is 8.74. The summed E-state index contributed by atoms with van der Waals surface area (Å²) < 4.78 is 6.13. The summed E-state index contributed by atoms with van der Waals surface area (Å²) in [4.78, 5) is 0. The van der Waals surface area contributed by atoms with Gasteiger partial charge in [-0.3, -0.25) is 0 Å². The molecule has 0 amide bonds. The van der Waals surface area contributed by atoms with Crippen LogP contribution < -0.4 is 0 Å². The SMILES string of the molecule is CCCCCC(C=CCc1ccccc1)OCc1ccccc1. The Bertz CT molecular complexity index is 545. The van der Waals surface area contributed by atoms with Crippen molar-refractivity contribution in [2.45, 2.75) is 51.7 Å². The molecule has 23 heavy (non-hydrogen) atoms. The lowest BCUT2D eigenvalue weighted by Crippen LogP contribution is -2.10. The van der Waals surface area contributed by atoms with Crippen LogP contribution in [-0.4, -0.2) is 6.10 Å². The van der Waals surface area contributed by atoms with E-state index in [4.69, 9.17) is 4.74 Å². The molecule has 0 N–H and O–H groups in total. The molecular formula is C22H28O. The lowest BCUT2D eigenvalue weighted by Gasteiger charge is -2.14. The van der Waals surface area contributed by atoms with Gasteiger partial charge in [-0.15, -0.1) is 0 Å². The molecule has 0 aromatic heterocycles. The molecule has 0 saturated carbocycles. The lowest BCUT2D eigenvalue weighted by atomic mass is 10.1. The van der Waals surface area contributed by atoms with Crippen LogP contribution in [0.25, 0.3) is 0 Å². The summed E-state index contributed by atoms with van der Waals surface area (Å²) >= 11 is 0. The molecule has 0 aliphatic rings. The van der Waals surface area contributed by atoms with Crippen molar-refractivity contribution in [3.05, 3.63) is 83.9 Å². The molecule has 1 heteroatoms. The fourth-order valence-corrected chi connectivity index (χ4v) is 2.58. The van der Waals surface area contributed by atoms with Crippen molar-refractivity contribution < 1.29 is 4.74 Å². The predicted molar refractivity (Wildman–Crippen MR) is 98.4 cm³/mol. The molecule has 0 spiro atoms. The van der Waals surface area contributed by atoms with Crippen molar-refractivity contribution in [3.8, 4) is 0 Å². The summed E-state index contributed by atoms with van der Waals surface area (Å²) in [5.41, 5.74) is 2.59. The molecule has 0 aliphatic carbocycles. The highest BCUT2D eigenvalue weighted by Crippen LogP contribution is 2.12. The van der Waals surface area contributed by atoms with Crippen molar-refractivity contribution in [3.63, 3.8) is 0 Å². The van der Waals surface area contributed by atoms with Crippen LogP contribution in [0.2, 0.25) is 0 Å². The van der Waals surface area contributed by atoms with Gasteiger partial charge in [0.1, 0.15) is 0 Å². The Kier molecular flexibility index (Phi) is 8.21. The fraction of sp³-hybridized carbons (Fsp3) is 0.364. The van der Waals surface area contributed by atoms with Gasteiger partial charge in [-0.2, -0.15) is 0 Å². The summed E-state index contributed by atoms with van der Waals surface area (Å²) in [5, 5.41) is 0. The lowest BCUT2D eigenvalue weighted by molar-refractivity contribution is 0.0646. The van der Waals surface area contributed by atoms with E-state index in [0.717, 1.165) is 12.8 Å². The highest BCUT2D eigenvalue weighted by Gasteiger charge is 2.05. The van der Waals surface area contributed by atoms with Crippen LogP contribution in [0.1, 0.15) is 43.7 Å². The third kappa shape index (κ3) is 7.30. The maximum atomic E-state index is 6.13. The molecule has 0 bridgehead atoms. The highest BCUT2D eigenvalue weighted by molar-refractivity contribution is 5.18. The molecule has 122 valence electrons. The van der Waals surface area contributed by atoms with E-state index in [1.165, 1.54) is 30.4 Å². The normalized spacial score (nSPS) is 12.6. The molecule has 1 nitrogen and oxygen atoms in total. The summed E-state index contributed by atoms with van der Waals surface area (Å²) in [5.74, 6) is 0. The van der Waals surface area contributed by atoms with Gasteiger partial charge in [0, 0.05) is 0 Å². The first-order chi connectivity index (χ1) is 11.4. The zero-order valence-corrected chi connectivity index (χ0v) is 14.2. The van der Waals surface area contributed by atoms with Crippen LogP contribution in [0, 0.1) is 0 Å². The second-order valence-electron chi connectivity index (χ2n) is 5.95. The summed E-state index contributed by atoms with van der Waals surface area (Å²) in [6.45, 7) is 2.93. The summed E-state index contributed by atoms with van der Waals surface area (Å²) in [7, 11) is 0. The van der Waals surface area contributed by atoms with E-state index < -0.39 is 0 Å². The first-order valence-corrected chi connectivity index (χ1v) is 8.74. The van der Waals surface area contributed by atoms with Crippen LogP contribution in [0.5, 0.6) is 0 Å². The number of hydrogen-bond acceptors (Lipinski definition) is 1. The van der Waals surface area contributed by atoms with E-state index in [1.54, 1.807) is 0 Å². The molecule has 2 aromatic rings. The topological polar surface area (TPSA) is 9.23 Å². The van der Waals surface area contributed by atoms with Crippen molar-refractivity contribution in [2.24, 2.45) is 0 Å². The molecule has 0 heterocycles. The van der Waals surface area contributed by atoms with Gasteiger partial charge in [-0.05, 0) is 24.0 Å². The monoisotopic (exact) mass is 308 g/mol. The van der Waals surface area contributed by atoms with Crippen molar-refractivity contribution >= 4 is 0 Å². The van der Waals surface area contributed by atoms with Gasteiger partial charge in [0.15, 0.2) is 0 Å². The Morgan fingerprint density at radius 1 is 0.870 bits per heavy atom. The molecule has 2 aromatic carbocycles. The number of benzene rings is 2. The summed E-state index contributed by atoms with van der Waals surface area (Å²) in [6, 6.07) is 21.0. The van der Waals surface area contributed by atoms with Crippen molar-refractivity contribution in [1.29, 1.82) is 0 Å². The second kappa shape index (κ2) is 10.8. The molecular weight excluding hydrogens is 280 g/mol. The number of rotatable bonds is 10. The molecule has 0 saturated heterocycles. The maximum Gasteiger partial charge on any atom is 0.0760 e. The largest absolute Gasteiger partial charge is 0.369 e. The third-order valence-electron chi connectivity index (χ3n) is 3.95. The van der Waals surface area contributed by atoms with Crippen LogP contribution >= 0.6 is 0 Å². The molecule has 2 rings (SSSR count). The number of ether oxygens (including phenoxy) is 1. The van der Waals surface area contributed by atoms with E-state index in [0.29, 0.717) is 6.61 Å². The van der Waals surface area contributed by atoms with E-state index >= 15 is 0 Å². The Balaban J connectivity index is 1.85. The van der Waals surface area contributed by atoms with Crippen molar-refractivity contribution in [1.82, 2.24) is 0 Å². The average Bonchev–Trinajstić information content (AvgIpc) is 2.61. The number of hydrogen-bond donors (Lipinski definition) is 0. The van der Waals surface area contributed by atoms with Gasteiger partial charge in [0.2, 0.25) is 0 Å². The van der Waals surface area contributed by atoms with E-state index in [2.05, 4.69) is 73.7 Å². The molecule has 0 fully saturated rings.